The van der Waals surface area contributed by atoms with Crippen molar-refractivity contribution in [3.63, 3.8) is 0 Å². The summed E-state index contributed by atoms with van der Waals surface area (Å²) < 4.78 is 15.9. The van der Waals surface area contributed by atoms with Gasteiger partial charge in [-0.05, 0) is 37.6 Å². The maximum Gasteiger partial charge on any atom is 0.338 e. The number of methoxy groups -OCH3 is 1. The quantitative estimate of drug-likeness (QED) is 0.623. The van der Waals surface area contributed by atoms with Crippen LogP contribution in [0.3, 0.4) is 0 Å². The van der Waals surface area contributed by atoms with Crippen LogP contribution in [0.2, 0.25) is 0 Å². The number of fused-ring (bicyclic) bond motifs is 1. The molecule has 0 unspecified atom stereocenters. The van der Waals surface area contributed by atoms with Crippen LogP contribution in [-0.2, 0) is 4.74 Å². The molecule has 4 heteroatoms. The molecule has 2 aromatic rings. The monoisotopic (exact) mass is 260 g/mol. The highest BCUT2D eigenvalue weighted by molar-refractivity contribution is 5.96. The van der Waals surface area contributed by atoms with E-state index in [0.29, 0.717) is 23.5 Å². The van der Waals surface area contributed by atoms with Gasteiger partial charge in [-0.25, -0.2) is 4.79 Å². The Hall–Kier alpha value is -2.23. The molecule has 0 spiro atoms. The Bertz CT molecular complexity index is 637. The second kappa shape index (κ2) is 5.18. The molecule has 0 saturated heterocycles. The fourth-order valence-electron chi connectivity index (χ4n) is 1.79. The van der Waals surface area contributed by atoms with E-state index in [9.17, 15) is 4.79 Å². The highest BCUT2D eigenvalue weighted by Crippen LogP contribution is 2.31. The largest absolute Gasteiger partial charge is 0.488 e. The summed E-state index contributed by atoms with van der Waals surface area (Å²) in [4.78, 5) is 11.6. The van der Waals surface area contributed by atoms with Crippen LogP contribution >= 0.6 is 0 Å². The third kappa shape index (κ3) is 2.78. The second-order valence-electron chi connectivity index (χ2n) is 4.48. The molecule has 4 nitrogen and oxygen atoms in total. The molecule has 0 fully saturated rings. The maximum atomic E-state index is 11.6. The Balaban J connectivity index is 2.50. The lowest BCUT2D eigenvalue weighted by Crippen LogP contribution is -2.03. The van der Waals surface area contributed by atoms with Crippen molar-refractivity contribution in [2.45, 2.75) is 13.8 Å². The molecule has 2 rings (SSSR count). The van der Waals surface area contributed by atoms with Gasteiger partial charge in [0, 0.05) is 0 Å². The van der Waals surface area contributed by atoms with Crippen LogP contribution < -0.4 is 4.74 Å². The fraction of sp³-hybridized carbons (Fsp3) is 0.267. The molecular formula is C15H16O4. The Morgan fingerprint density at radius 2 is 2.11 bits per heavy atom. The maximum absolute atomic E-state index is 11.6. The molecule has 0 radical (unpaired) electrons. The van der Waals surface area contributed by atoms with E-state index < -0.39 is 5.97 Å². The first kappa shape index (κ1) is 13.2. The van der Waals surface area contributed by atoms with Crippen molar-refractivity contribution in [2.24, 2.45) is 0 Å². The van der Waals surface area contributed by atoms with Gasteiger partial charge in [0.25, 0.3) is 0 Å². The van der Waals surface area contributed by atoms with Crippen LogP contribution in [0.15, 0.2) is 34.8 Å². The second-order valence-corrected chi connectivity index (χ2v) is 4.48. The zero-order valence-electron chi connectivity index (χ0n) is 11.3. The number of ether oxygens (including phenoxy) is 2. The molecule has 0 aliphatic carbocycles. The van der Waals surface area contributed by atoms with Gasteiger partial charge in [-0.15, -0.1) is 0 Å². The summed E-state index contributed by atoms with van der Waals surface area (Å²) in [6.07, 6.45) is 0. The molecule has 0 bridgehead atoms. The zero-order chi connectivity index (χ0) is 14.0. The number of esters is 1. The van der Waals surface area contributed by atoms with E-state index in [2.05, 4.69) is 6.58 Å². The molecule has 0 amide bonds. The van der Waals surface area contributed by atoms with E-state index in [1.54, 1.807) is 12.1 Å². The number of carbonyl (C=O) groups is 1. The molecule has 100 valence electrons. The number of aryl methyl sites for hydroxylation is 1. The lowest BCUT2D eigenvalue weighted by atomic mass is 10.1. The van der Waals surface area contributed by atoms with E-state index in [1.165, 1.54) is 7.11 Å². The van der Waals surface area contributed by atoms with Crippen molar-refractivity contribution in [1.82, 2.24) is 0 Å². The van der Waals surface area contributed by atoms with Crippen molar-refractivity contribution in [2.75, 3.05) is 13.7 Å². The molecule has 0 atom stereocenters. The molecule has 1 aromatic heterocycles. The summed E-state index contributed by atoms with van der Waals surface area (Å²) >= 11 is 0. The predicted molar refractivity (Wildman–Crippen MR) is 72.6 cm³/mol. The van der Waals surface area contributed by atoms with Gasteiger partial charge < -0.3 is 13.9 Å². The molecule has 1 aromatic carbocycles. The van der Waals surface area contributed by atoms with Gasteiger partial charge in [-0.1, -0.05) is 6.58 Å². The van der Waals surface area contributed by atoms with E-state index in [4.69, 9.17) is 13.9 Å². The van der Waals surface area contributed by atoms with Gasteiger partial charge >= 0.3 is 5.97 Å². The summed E-state index contributed by atoms with van der Waals surface area (Å²) in [5.41, 5.74) is 1.91. The summed E-state index contributed by atoms with van der Waals surface area (Å²) in [5, 5.41) is 0.839. The Kier molecular flexibility index (Phi) is 3.60. The van der Waals surface area contributed by atoms with E-state index in [-0.39, 0.29) is 0 Å². The molecule has 0 aliphatic rings. The molecular weight excluding hydrogens is 244 g/mol. The lowest BCUT2D eigenvalue weighted by molar-refractivity contribution is 0.0600. The number of rotatable bonds is 4. The SMILES string of the molecule is C=C(C)COc1cc(C(=O)OC)cc2oc(C)cc12. The number of benzene rings is 1. The summed E-state index contributed by atoms with van der Waals surface area (Å²) in [6, 6.07) is 5.19. The summed E-state index contributed by atoms with van der Waals surface area (Å²) in [5.74, 6) is 0.936. The standard InChI is InChI=1S/C15H16O4/c1-9(2)8-18-13-6-11(15(16)17-4)7-14-12(13)5-10(3)19-14/h5-7H,1,8H2,2-4H3. The third-order valence-corrected chi connectivity index (χ3v) is 2.62. The van der Waals surface area contributed by atoms with Crippen LogP contribution in [0, 0.1) is 6.92 Å². The van der Waals surface area contributed by atoms with Crippen LogP contribution in [0.4, 0.5) is 0 Å². The van der Waals surface area contributed by atoms with E-state index in [0.717, 1.165) is 16.7 Å². The highest BCUT2D eigenvalue weighted by atomic mass is 16.5. The molecule has 0 saturated carbocycles. The number of carbonyl (C=O) groups excluding carboxylic acids is 1. The molecule has 19 heavy (non-hydrogen) atoms. The average Bonchev–Trinajstić information content (AvgIpc) is 2.74. The molecule has 0 aliphatic heterocycles. The average molecular weight is 260 g/mol. The van der Waals surface area contributed by atoms with Gasteiger partial charge in [0.2, 0.25) is 0 Å². The highest BCUT2D eigenvalue weighted by Gasteiger charge is 2.14. The summed E-state index contributed by atoms with van der Waals surface area (Å²) in [7, 11) is 1.34. The van der Waals surface area contributed by atoms with E-state index in [1.807, 2.05) is 19.9 Å². The van der Waals surface area contributed by atoms with Crippen molar-refractivity contribution in [1.29, 1.82) is 0 Å². The fourth-order valence-corrected chi connectivity index (χ4v) is 1.79. The number of furan rings is 1. The Morgan fingerprint density at radius 3 is 2.74 bits per heavy atom. The van der Waals surface area contributed by atoms with Crippen LogP contribution in [0.1, 0.15) is 23.0 Å². The van der Waals surface area contributed by atoms with Gasteiger partial charge in [0.1, 0.15) is 23.7 Å². The van der Waals surface area contributed by atoms with Crippen molar-refractivity contribution >= 4 is 16.9 Å². The molecule has 0 N–H and O–H groups in total. The zero-order valence-corrected chi connectivity index (χ0v) is 11.3. The Morgan fingerprint density at radius 1 is 1.37 bits per heavy atom. The number of hydrogen-bond donors (Lipinski definition) is 0. The van der Waals surface area contributed by atoms with Gasteiger partial charge in [-0.3, -0.25) is 0 Å². The minimum atomic E-state index is -0.420. The third-order valence-electron chi connectivity index (χ3n) is 2.62. The van der Waals surface area contributed by atoms with Crippen LogP contribution in [0.5, 0.6) is 5.75 Å². The van der Waals surface area contributed by atoms with Crippen molar-refractivity contribution < 1.29 is 18.7 Å². The molecule has 1 heterocycles. The minimum absolute atomic E-state index is 0.393. The topological polar surface area (TPSA) is 48.7 Å². The Labute approximate surface area is 111 Å². The first-order valence-corrected chi connectivity index (χ1v) is 5.91. The minimum Gasteiger partial charge on any atom is -0.488 e. The first-order chi connectivity index (χ1) is 9.01. The summed E-state index contributed by atoms with van der Waals surface area (Å²) in [6.45, 7) is 7.91. The van der Waals surface area contributed by atoms with Gasteiger partial charge in [0.05, 0.1) is 18.1 Å². The van der Waals surface area contributed by atoms with Gasteiger partial charge in [0.15, 0.2) is 0 Å². The predicted octanol–water partition coefficient (Wildman–Crippen LogP) is 3.48. The lowest BCUT2D eigenvalue weighted by Gasteiger charge is -2.08. The normalized spacial score (nSPS) is 10.5. The smallest absolute Gasteiger partial charge is 0.338 e. The van der Waals surface area contributed by atoms with E-state index >= 15 is 0 Å². The first-order valence-electron chi connectivity index (χ1n) is 5.91. The van der Waals surface area contributed by atoms with Crippen LogP contribution in [0.25, 0.3) is 11.0 Å². The van der Waals surface area contributed by atoms with Crippen molar-refractivity contribution in [3.05, 3.63) is 41.7 Å². The van der Waals surface area contributed by atoms with Gasteiger partial charge in [-0.2, -0.15) is 0 Å². The van der Waals surface area contributed by atoms with Crippen LogP contribution in [-0.4, -0.2) is 19.7 Å². The van der Waals surface area contributed by atoms with Crippen molar-refractivity contribution in [3.8, 4) is 5.75 Å². The number of hydrogen-bond acceptors (Lipinski definition) is 4.